The van der Waals surface area contributed by atoms with Gasteiger partial charge < -0.3 is 4.90 Å². The van der Waals surface area contributed by atoms with E-state index in [1.807, 2.05) is 38.2 Å². The van der Waals surface area contributed by atoms with Crippen LogP contribution in [0.4, 0.5) is 5.82 Å². The Labute approximate surface area is 175 Å². The van der Waals surface area contributed by atoms with Crippen LogP contribution >= 0.6 is 0 Å². The number of nitriles is 1. The minimum Gasteiger partial charge on any atom is -0.354 e. The molecule has 1 fully saturated rings. The fraction of sp³-hybridized carbons (Fsp3) is 0.391. The van der Waals surface area contributed by atoms with Gasteiger partial charge in [0, 0.05) is 30.4 Å². The Morgan fingerprint density at radius 3 is 2.80 bits per heavy atom. The third-order valence-electron chi connectivity index (χ3n) is 6.24. The summed E-state index contributed by atoms with van der Waals surface area (Å²) in [5.74, 6) is 2.07. The van der Waals surface area contributed by atoms with Crippen LogP contribution in [-0.4, -0.2) is 38.0 Å². The Hall–Kier alpha value is -3.40. The van der Waals surface area contributed by atoms with Crippen LogP contribution in [0.15, 0.2) is 30.6 Å². The van der Waals surface area contributed by atoms with Crippen molar-refractivity contribution in [2.75, 3.05) is 18.0 Å². The van der Waals surface area contributed by atoms with Crippen molar-refractivity contribution in [3.05, 3.63) is 58.9 Å². The normalized spacial score (nSPS) is 20.2. The van der Waals surface area contributed by atoms with Gasteiger partial charge in [-0.2, -0.15) is 5.26 Å². The summed E-state index contributed by atoms with van der Waals surface area (Å²) >= 11 is 0. The van der Waals surface area contributed by atoms with E-state index in [1.165, 1.54) is 11.3 Å². The second-order valence-electron chi connectivity index (χ2n) is 8.30. The molecule has 7 nitrogen and oxygen atoms in total. The molecule has 5 rings (SSSR count). The maximum Gasteiger partial charge on any atom is 0.180 e. The number of aromatic nitrogens is 5. The number of pyridine rings is 1. The molecule has 30 heavy (non-hydrogen) atoms. The lowest BCUT2D eigenvalue weighted by atomic mass is 9.77. The van der Waals surface area contributed by atoms with E-state index in [1.54, 1.807) is 6.20 Å². The summed E-state index contributed by atoms with van der Waals surface area (Å²) in [5.41, 5.74) is 4.59. The molecular formula is C23H23N7. The lowest BCUT2D eigenvalue weighted by Gasteiger charge is -2.41. The van der Waals surface area contributed by atoms with Gasteiger partial charge >= 0.3 is 0 Å². The summed E-state index contributed by atoms with van der Waals surface area (Å²) in [4.78, 5) is 25.2. The van der Waals surface area contributed by atoms with E-state index in [4.69, 9.17) is 9.97 Å². The van der Waals surface area contributed by atoms with Crippen molar-refractivity contribution in [3.63, 3.8) is 0 Å². The number of aryl methyl sites for hydroxylation is 3. The van der Waals surface area contributed by atoms with Gasteiger partial charge in [0.15, 0.2) is 11.6 Å². The largest absolute Gasteiger partial charge is 0.354 e. The summed E-state index contributed by atoms with van der Waals surface area (Å²) in [6.45, 7) is 5.58. The maximum absolute atomic E-state index is 9.71. The number of hydrogen-bond acceptors (Lipinski definition) is 7. The molecule has 0 bridgehead atoms. The molecule has 1 spiro atoms. The number of fused-ring (bicyclic) bond motifs is 2. The molecule has 4 heterocycles. The smallest absolute Gasteiger partial charge is 0.180 e. The van der Waals surface area contributed by atoms with Crippen LogP contribution in [0.5, 0.6) is 0 Å². The first-order valence-corrected chi connectivity index (χ1v) is 10.4. The summed E-state index contributed by atoms with van der Waals surface area (Å²) in [6, 6.07) is 8.08. The molecule has 1 saturated heterocycles. The van der Waals surface area contributed by atoms with Crippen molar-refractivity contribution in [3.8, 4) is 17.6 Å². The molecule has 1 aliphatic heterocycles. The van der Waals surface area contributed by atoms with E-state index in [0.717, 1.165) is 56.0 Å². The Morgan fingerprint density at radius 1 is 1.07 bits per heavy atom. The molecule has 3 aromatic heterocycles. The molecule has 1 unspecified atom stereocenters. The number of piperidine rings is 1. The number of anilines is 1. The maximum atomic E-state index is 9.71. The van der Waals surface area contributed by atoms with Crippen molar-refractivity contribution in [1.82, 2.24) is 24.9 Å². The average molecular weight is 397 g/mol. The van der Waals surface area contributed by atoms with Gasteiger partial charge in [0.2, 0.25) is 0 Å². The Bertz CT molecular complexity index is 1160. The summed E-state index contributed by atoms with van der Waals surface area (Å²) in [5, 5.41) is 9.71. The minimum absolute atomic E-state index is 0.000702. The van der Waals surface area contributed by atoms with Crippen LogP contribution < -0.4 is 4.90 Å². The van der Waals surface area contributed by atoms with Gasteiger partial charge in [0.25, 0.3) is 0 Å². The standard InChI is InChI=1S/C23H23N7/c1-15-5-3-6-19(27-15)21-26-13-18(11-24)22(29-21)30-10-4-8-23(14-30)9-7-17-12-25-16(2)28-20(17)23/h3,5-6,12-13H,4,7-10,14H2,1-2H3. The SMILES string of the molecule is Cc1cccc(-c2ncc(C#N)c(N3CCCC4(CCc5cnc(C)nc54)C3)n2)n1. The molecular weight excluding hydrogens is 374 g/mol. The molecule has 1 aliphatic carbocycles. The number of nitrogens with zero attached hydrogens (tertiary/aromatic N) is 7. The molecule has 0 amide bonds. The van der Waals surface area contributed by atoms with E-state index < -0.39 is 0 Å². The van der Waals surface area contributed by atoms with Gasteiger partial charge in [-0.15, -0.1) is 0 Å². The average Bonchev–Trinajstić information content (AvgIpc) is 3.10. The van der Waals surface area contributed by atoms with Crippen molar-refractivity contribution in [2.24, 2.45) is 0 Å². The first-order chi connectivity index (χ1) is 14.6. The monoisotopic (exact) mass is 397 g/mol. The summed E-state index contributed by atoms with van der Waals surface area (Å²) in [6.07, 6.45) is 7.82. The quantitative estimate of drug-likeness (QED) is 0.655. The molecule has 1 atom stereocenters. The van der Waals surface area contributed by atoms with E-state index in [-0.39, 0.29) is 5.41 Å². The first kappa shape index (κ1) is 18.6. The zero-order valence-corrected chi connectivity index (χ0v) is 17.3. The van der Waals surface area contributed by atoms with Crippen LogP contribution in [-0.2, 0) is 11.8 Å². The molecule has 7 heteroatoms. The van der Waals surface area contributed by atoms with Crippen molar-refractivity contribution in [2.45, 2.75) is 44.9 Å². The molecule has 0 radical (unpaired) electrons. The molecule has 2 aliphatic rings. The van der Waals surface area contributed by atoms with Crippen molar-refractivity contribution >= 4 is 5.82 Å². The van der Waals surface area contributed by atoms with Gasteiger partial charge in [-0.3, -0.25) is 0 Å². The van der Waals surface area contributed by atoms with Crippen LogP contribution in [0.2, 0.25) is 0 Å². The number of rotatable bonds is 2. The second kappa shape index (κ2) is 7.13. The van der Waals surface area contributed by atoms with E-state index >= 15 is 0 Å². The highest BCUT2D eigenvalue weighted by Crippen LogP contribution is 2.44. The predicted octanol–water partition coefficient (Wildman–Crippen LogP) is 3.30. The van der Waals surface area contributed by atoms with Gasteiger partial charge in [-0.25, -0.2) is 24.9 Å². The predicted molar refractivity (Wildman–Crippen MR) is 113 cm³/mol. The fourth-order valence-electron chi connectivity index (χ4n) is 4.82. The summed E-state index contributed by atoms with van der Waals surface area (Å²) in [7, 11) is 0. The highest BCUT2D eigenvalue weighted by molar-refractivity contribution is 5.60. The van der Waals surface area contributed by atoms with E-state index in [9.17, 15) is 5.26 Å². The summed E-state index contributed by atoms with van der Waals surface area (Å²) < 4.78 is 0. The van der Waals surface area contributed by atoms with Crippen LogP contribution in [0, 0.1) is 25.2 Å². The van der Waals surface area contributed by atoms with Crippen LogP contribution in [0.25, 0.3) is 11.5 Å². The lowest BCUT2D eigenvalue weighted by Crippen LogP contribution is -2.46. The first-order valence-electron chi connectivity index (χ1n) is 10.4. The van der Waals surface area contributed by atoms with Crippen molar-refractivity contribution in [1.29, 1.82) is 5.26 Å². The lowest BCUT2D eigenvalue weighted by molar-refractivity contribution is 0.332. The zero-order chi connectivity index (χ0) is 20.7. The Kier molecular flexibility index (Phi) is 4.43. The van der Waals surface area contributed by atoms with Gasteiger partial charge in [-0.1, -0.05) is 6.07 Å². The molecule has 0 aromatic carbocycles. The third kappa shape index (κ3) is 3.09. The third-order valence-corrected chi connectivity index (χ3v) is 6.24. The topological polar surface area (TPSA) is 91.5 Å². The fourth-order valence-corrected chi connectivity index (χ4v) is 4.82. The van der Waals surface area contributed by atoms with Crippen molar-refractivity contribution < 1.29 is 0 Å². The molecule has 0 saturated carbocycles. The molecule has 150 valence electrons. The van der Waals surface area contributed by atoms with Gasteiger partial charge in [0.1, 0.15) is 23.2 Å². The van der Waals surface area contributed by atoms with E-state index in [2.05, 4.69) is 25.9 Å². The Morgan fingerprint density at radius 2 is 1.97 bits per heavy atom. The zero-order valence-electron chi connectivity index (χ0n) is 17.3. The highest BCUT2D eigenvalue weighted by atomic mass is 15.2. The van der Waals surface area contributed by atoms with Crippen LogP contribution in [0.3, 0.4) is 0 Å². The minimum atomic E-state index is 0.000702. The highest BCUT2D eigenvalue weighted by Gasteiger charge is 2.44. The number of hydrogen-bond donors (Lipinski definition) is 0. The second-order valence-corrected chi connectivity index (χ2v) is 8.30. The molecule has 0 N–H and O–H groups in total. The van der Waals surface area contributed by atoms with Gasteiger partial charge in [0.05, 0.1) is 11.9 Å². The van der Waals surface area contributed by atoms with Crippen LogP contribution in [0.1, 0.15) is 47.6 Å². The van der Waals surface area contributed by atoms with Gasteiger partial charge in [-0.05, 0) is 57.2 Å². The Balaban J connectivity index is 1.54. The molecule has 3 aromatic rings. The van der Waals surface area contributed by atoms with E-state index in [0.29, 0.717) is 17.2 Å².